The van der Waals surface area contributed by atoms with Crippen molar-refractivity contribution >= 4 is 40.9 Å². The van der Waals surface area contributed by atoms with Crippen molar-refractivity contribution < 1.29 is 9.18 Å². The van der Waals surface area contributed by atoms with Gasteiger partial charge in [-0.3, -0.25) is 14.3 Å². The average molecular weight is 496 g/mol. The number of halogens is 3. The zero-order chi connectivity index (χ0) is 23.4. The maximum Gasteiger partial charge on any atom is 0.230 e. The SMILES string of the molecule is C[C@H](NC(=O)CSc1nnc([C@@H](C)N(C)C)n1-c1ccc(F)cc1)c1ccc(Cl)c(Cl)c1. The fraction of sp³-hybridized carbons (Fsp3) is 0.318. The monoisotopic (exact) mass is 495 g/mol. The highest BCUT2D eigenvalue weighted by Crippen LogP contribution is 2.28. The van der Waals surface area contributed by atoms with Crippen LogP contribution in [0.3, 0.4) is 0 Å². The molecule has 2 aromatic carbocycles. The molecule has 6 nitrogen and oxygen atoms in total. The van der Waals surface area contributed by atoms with E-state index < -0.39 is 0 Å². The quantitative estimate of drug-likeness (QED) is 0.429. The van der Waals surface area contributed by atoms with Crippen molar-refractivity contribution in [3.05, 3.63) is 69.7 Å². The van der Waals surface area contributed by atoms with Crippen molar-refractivity contribution in [1.82, 2.24) is 25.0 Å². The smallest absolute Gasteiger partial charge is 0.230 e. The molecule has 1 heterocycles. The second-order valence-corrected chi connectivity index (χ2v) is 9.30. The van der Waals surface area contributed by atoms with Crippen molar-refractivity contribution in [2.45, 2.75) is 31.1 Å². The summed E-state index contributed by atoms with van der Waals surface area (Å²) >= 11 is 13.3. The first-order chi connectivity index (χ1) is 15.2. The minimum atomic E-state index is -0.325. The Morgan fingerprint density at radius 1 is 1.12 bits per heavy atom. The Balaban J connectivity index is 1.75. The number of carbonyl (C=O) groups excluding carboxylic acids is 1. The number of nitrogens with one attached hydrogen (secondary N) is 1. The van der Waals surface area contributed by atoms with Gasteiger partial charge in [-0.15, -0.1) is 10.2 Å². The van der Waals surface area contributed by atoms with E-state index in [0.29, 0.717) is 21.0 Å². The summed E-state index contributed by atoms with van der Waals surface area (Å²) in [6.07, 6.45) is 0. The van der Waals surface area contributed by atoms with Crippen LogP contribution in [0.4, 0.5) is 4.39 Å². The van der Waals surface area contributed by atoms with Gasteiger partial charge in [0.2, 0.25) is 5.91 Å². The fourth-order valence-electron chi connectivity index (χ4n) is 2.99. The largest absolute Gasteiger partial charge is 0.349 e. The molecule has 1 aromatic heterocycles. The summed E-state index contributed by atoms with van der Waals surface area (Å²) in [6, 6.07) is 11.1. The van der Waals surface area contributed by atoms with Gasteiger partial charge in [-0.05, 0) is 69.9 Å². The second kappa shape index (κ2) is 10.7. The average Bonchev–Trinajstić information content (AvgIpc) is 3.17. The number of carbonyl (C=O) groups is 1. The lowest BCUT2D eigenvalue weighted by atomic mass is 10.1. The number of aromatic nitrogens is 3. The van der Waals surface area contributed by atoms with Crippen LogP contribution in [0.25, 0.3) is 5.69 Å². The van der Waals surface area contributed by atoms with Gasteiger partial charge in [0.15, 0.2) is 11.0 Å². The lowest BCUT2D eigenvalue weighted by molar-refractivity contribution is -0.119. The maximum absolute atomic E-state index is 13.5. The molecule has 1 amide bonds. The van der Waals surface area contributed by atoms with Crippen LogP contribution in [-0.4, -0.2) is 45.4 Å². The molecular formula is C22H24Cl2FN5OS. The summed E-state index contributed by atoms with van der Waals surface area (Å²) in [7, 11) is 3.89. The van der Waals surface area contributed by atoms with E-state index in [1.54, 1.807) is 24.3 Å². The van der Waals surface area contributed by atoms with Gasteiger partial charge in [0.05, 0.1) is 27.9 Å². The third-order valence-electron chi connectivity index (χ3n) is 5.04. The van der Waals surface area contributed by atoms with Crippen molar-refractivity contribution in [1.29, 1.82) is 0 Å². The van der Waals surface area contributed by atoms with Crippen LogP contribution in [-0.2, 0) is 4.79 Å². The van der Waals surface area contributed by atoms with E-state index in [-0.39, 0.29) is 29.6 Å². The third-order valence-corrected chi connectivity index (χ3v) is 6.71. The molecular weight excluding hydrogens is 472 g/mol. The minimum absolute atomic E-state index is 0.0367. The van der Waals surface area contributed by atoms with Crippen molar-refractivity contribution in [2.75, 3.05) is 19.8 Å². The lowest BCUT2D eigenvalue weighted by Gasteiger charge is -2.20. The van der Waals surface area contributed by atoms with Crippen LogP contribution in [0.5, 0.6) is 0 Å². The van der Waals surface area contributed by atoms with E-state index in [1.807, 2.05) is 43.5 Å². The van der Waals surface area contributed by atoms with Crippen LogP contribution in [0.15, 0.2) is 47.6 Å². The van der Waals surface area contributed by atoms with Crippen molar-refractivity contribution in [3.63, 3.8) is 0 Å². The van der Waals surface area contributed by atoms with Gasteiger partial charge in [0.1, 0.15) is 5.82 Å². The number of benzene rings is 2. The molecule has 3 aromatic rings. The van der Waals surface area contributed by atoms with Gasteiger partial charge in [-0.25, -0.2) is 4.39 Å². The van der Waals surface area contributed by atoms with Gasteiger partial charge in [-0.2, -0.15) is 0 Å². The zero-order valence-corrected chi connectivity index (χ0v) is 20.5. The highest BCUT2D eigenvalue weighted by molar-refractivity contribution is 7.99. The highest BCUT2D eigenvalue weighted by Gasteiger charge is 2.22. The molecule has 0 spiro atoms. The van der Waals surface area contributed by atoms with Crippen molar-refractivity contribution in [2.24, 2.45) is 0 Å². The molecule has 1 N–H and O–H groups in total. The van der Waals surface area contributed by atoms with E-state index in [9.17, 15) is 9.18 Å². The summed E-state index contributed by atoms with van der Waals surface area (Å²) < 4.78 is 15.3. The molecule has 3 rings (SSSR count). The van der Waals surface area contributed by atoms with Crippen LogP contribution in [0.1, 0.15) is 37.3 Å². The minimum Gasteiger partial charge on any atom is -0.349 e. The zero-order valence-electron chi connectivity index (χ0n) is 18.1. The Bertz CT molecular complexity index is 1090. The van der Waals surface area contributed by atoms with Gasteiger partial charge < -0.3 is 5.32 Å². The van der Waals surface area contributed by atoms with Crippen LogP contribution in [0.2, 0.25) is 10.0 Å². The normalized spacial score (nSPS) is 13.2. The third kappa shape index (κ3) is 5.81. The molecule has 170 valence electrons. The van der Waals surface area contributed by atoms with E-state index >= 15 is 0 Å². The van der Waals surface area contributed by atoms with Crippen LogP contribution in [0, 0.1) is 5.82 Å². The second-order valence-electron chi connectivity index (χ2n) is 7.54. The first kappa shape index (κ1) is 24.5. The number of amides is 1. The Kier molecular flexibility index (Phi) is 8.16. The molecule has 0 bridgehead atoms. The highest BCUT2D eigenvalue weighted by atomic mass is 35.5. The summed E-state index contributed by atoms with van der Waals surface area (Å²) in [5.41, 5.74) is 1.58. The molecule has 10 heteroatoms. The summed E-state index contributed by atoms with van der Waals surface area (Å²) in [5, 5.41) is 13.0. The standard InChI is InChI=1S/C22H24Cl2FN5OS/c1-13(15-5-10-18(23)19(24)11-15)26-20(31)12-32-22-28-27-21(14(2)29(3)4)30(22)17-8-6-16(25)7-9-17/h5-11,13-14H,12H2,1-4H3,(H,26,31)/t13-,14+/m0/s1. The van der Waals surface area contributed by atoms with Gasteiger partial charge in [0, 0.05) is 5.69 Å². The molecule has 0 aliphatic carbocycles. The number of thioether (sulfide) groups is 1. The van der Waals surface area contributed by atoms with Gasteiger partial charge in [-0.1, -0.05) is 41.0 Å². The molecule has 0 aliphatic heterocycles. The van der Waals surface area contributed by atoms with Crippen LogP contribution < -0.4 is 5.32 Å². The Morgan fingerprint density at radius 2 is 1.81 bits per heavy atom. The molecule has 0 saturated carbocycles. The lowest BCUT2D eigenvalue weighted by Crippen LogP contribution is -2.28. The number of rotatable bonds is 8. The van der Waals surface area contributed by atoms with E-state index in [1.165, 1.54) is 23.9 Å². The fourth-order valence-corrected chi connectivity index (χ4v) is 4.06. The summed E-state index contributed by atoms with van der Waals surface area (Å²) in [6.45, 7) is 3.88. The molecule has 32 heavy (non-hydrogen) atoms. The topological polar surface area (TPSA) is 63.1 Å². The van der Waals surface area contributed by atoms with E-state index in [0.717, 1.165) is 11.3 Å². The maximum atomic E-state index is 13.5. The number of hydrogen-bond donors (Lipinski definition) is 1. The molecule has 0 radical (unpaired) electrons. The number of hydrogen-bond acceptors (Lipinski definition) is 5. The van der Waals surface area contributed by atoms with E-state index in [2.05, 4.69) is 15.5 Å². The molecule has 2 atom stereocenters. The van der Waals surface area contributed by atoms with Gasteiger partial charge in [0.25, 0.3) is 0 Å². The van der Waals surface area contributed by atoms with Gasteiger partial charge >= 0.3 is 0 Å². The summed E-state index contributed by atoms with van der Waals surface area (Å²) in [4.78, 5) is 14.6. The summed E-state index contributed by atoms with van der Waals surface area (Å²) in [5.74, 6) is 0.355. The predicted molar refractivity (Wildman–Crippen MR) is 127 cm³/mol. The molecule has 0 aliphatic rings. The molecule has 0 saturated heterocycles. The van der Waals surface area contributed by atoms with Crippen molar-refractivity contribution in [3.8, 4) is 5.69 Å². The Hall–Kier alpha value is -2.13. The molecule has 0 fully saturated rings. The first-order valence-corrected chi connectivity index (χ1v) is 11.7. The van der Waals surface area contributed by atoms with E-state index in [4.69, 9.17) is 23.2 Å². The first-order valence-electron chi connectivity index (χ1n) is 9.92. The Morgan fingerprint density at radius 3 is 2.44 bits per heavy atom. The molecule has 0 unspecified atom stereocenters. The predicted octanol–water partition coefficient (Wildman–Crippen LogP) is 5.31. The Labute approximate surface area is 201 Å². The number of nitrogens with zero attached hydrogens (tertiary/aromatic N) is 4. The van der Waals surface area contributed by atoms with Crippen LogP contribution >= 0.6 is 35.0 Å².